The lowest BCUT2D eigenvalue weighted by Crippen LogP contribution is -2.40. The molecule has 2 heteroatoms. The maximum absolute atomic E-state index is 3.74. The number of hydrogen-bond acceptors (Lipinski definition) is 2. The summed E-state index contributed by atoms with van der Waals surface area (Å²) in [6.45, 7) is 5.92. The molecule has 1 fully saturated rings. The highest BCUT2D eigenvalue weighted by molar-refractivity contribution is 7.99. The number of thioether (sulfide) groups is 1. The number of benzene rings is 1. The van der Waals surface area contributed by atoms with Gasteiger partial charge in [0.05, 0.1) is 0 Å². The molecule has 0 aliphatic heterocycles. The standard InChI is InChI=1S/C16H25NS/c1-13-8-9-16(14(2)12-13)17-10-11-18-15-6-4-3-5-7-15/h3-7,13-14,16-17H,8-12H2,1-2H3. The van der Waals surface area contributed by atoms with Gasteiger partial charge >= 0.3 is 0 Å². The molecule has 0 radical (unpaired) electrons. The fourth-order valence-corrected chi connectivity index (χ4v) is 3.70. The van der Waals surface area contributed by atoms with Crippen molar-refractivity contribution in [2.45, 2.75) is 44.0 Å². The predicted octanol–water partition coefficient (Wildman–Crippen LogP) is 4.19. The fourth-order valence-electron chi connectivity index (χ4n) is 2.90. The molecule has 2 rings (SSSR count). The molecule has 1 aliphatic carbocycles. The molecule has 0 amide bonds. The second kappa shape index (κ2) is 7.20. The summed E-state index contributed by atoms with van der Waals surface area (Å²) >= 11 is 1.95. The van der Waals surface area contributed by atoms with E-state index in [-0.39, 0.29) is 0 Å². The van der Waals surface area contributed by atoms with Crippen LogP contribution < -0.4 is 5.32 Å². The highest BCUT2D eigenvalue weighted by atomic mass is 32.2. The molecule has 1 aromatic carbocycles. The minimum atomic E-state index is 0.748. The summed E-state index contributed by atoms with van der Waals surface area (Å²) < 4.78 is 0. The maximum Gasteiger partial charge on any atom is 0.0106 e. The first kappa shape index (κ1) is 14.0. The summed E-state index contributed by atoms with van der Waals surface area (Å²) in [6.07, 6.45) is 4.15. The Kier molecular flexibility index (Phi) is 5.58. The Hall–Kier alpha value is -0.470. The quantitative estimate of drug-likeness (QED) is 0.631. The Morgan fingerprint density at radius 2 is 1.94 bits per heavy atom. The summed E-state index contributed by atoms with van der Waals surface area (Å²) in [5.41, 5.74) is 0. The van der Waals surface area contributed by atoms with Crippen LogP contribution >= 0.6 is 11.8 Å². The zero-order chi connectivity index (χ0) is 12.8. The van der Waals surface area contributed by atoms with Gasteiger partial charge in [-0.3, -0.25) is 0 Å². The molecule has 1 N–H and O–H groups in total. The van der Waals surface area contributed by atoms with Crippen molar-refractivity contribution in [3.63, 3.8) is 0 Å². The fraction of sp³-hybridized carbons (Fsp3) is 0.625. The Morgan fingerprint density at radius 3 is 2.67 bits per heavy atom. The van der Waals surface area contributed by atoms with Gasteiger partial charge in [0, 0.05) is 23.2 Å². The van der Waals surface area contributed by atoms with Gasteiger partial charge in [-0.2, -0.15) is 0 Å². The van der Waals surface area contributed by atoms with Crippen LogP contribution in [-0.4, -0.2) is 18.3 Å². The van der Waals surface area contributed by atoms with Crippen molar-refractivity contribution in [1.82, 2.24) is 5.32 Å². The number of hydrogen-bond donors (Lipinski definition) is 1. The highest BCUT2D eigenvalue weighted by Crippen LogP contribution is 2.28. The van der Waals surface area contributed by atoms with E-state index in [9.17, 15) is 0 Å². The van der Waals surface area contributed by atoms with Crippen LogP contribution in [0.15, 0.2) is 35.2 Å². The van der Waals surface area contributed by atoms with E-state index < -0.39 is 0 Å². The van der Waals surface area contributed by atoms with E-state index in [2.05, 4.69) is 49.5 Å². The minimum Gasteiger partial charge on any atom is -0.313 e. The smallest absolute Gasteiger partial charge is 0.0106 e. The zero-order valence-corrected chi connectivity index (χ0v) is 12.4. The van der Waals surface area contributed by atoms with Crippen molar-refractivity contribution in [2.24, 2.45) is 11.8 Å². The molecular weight excluding hydrogens is 238 g/mol. The van der Waals surface area contributed by atoms with Crippen molar-refractivity contribution in [1.29, 1.82) is 0 Å². The van der Waals surface area contributed by atoms with Crippen LogP contribution in [0.3, 0.4) is 0 Å². The second-order valence-corrected chi connectivity index (χ2v) is 6.79. The molecule has 1 nitrogen and oxygen atoms in total. The van der Waals surface area contributed by atoms with E-state index in [1.54, 1.807) is 0 Å². The molecule has 0 aromatic heterocycles. The lowest BCUT2D eigenvalue weighted by Gasteiger charge is -2.33. The molecule has 0 saturated heterocycles. The summed E-state index contributed by atoms with van der Waals surface area (Å²) in [4.78, 5) is 1.38. The normalized spacial score (nSPS) is 28.2. The van der Waals surface area contributed by atoms with Crippen molar-refractivity contribution in [2.75, 3.05) is 12.3 Å². The van der Waals surface area contributed by atoms with E-state index >= 15 is 0 Å². The van der Waals surface area contributed by atoms with Gasteiger partial charge in [0.1, 0.15) is 0 Å². The monoisotopic (exact) mass is 263 g/mol. The highest BCUT2D eigenvalue weighted by Gasteiger charge is 2.24. The van der Waals surface area contributed by atoms with Crippen LogP contribution in [0.1, 0.15) is 33.1 Å². The minimum absolute atomic E-state index is 0.748. The molecule has 0 spiro atoms. The van der Waals surface area contributed by atoms with Crippen molar-refractivity contribution < 1.29 is 0 Å². The number of rotatable bonds is 5. The topological polar surface area (TPSA) is 12.0 Å². The van der Waals surface area contributed by atoms with Crippen molar-refractivity contribution in [3.05, 3.63) is 30.3 Å². The first-order valence-corrected chi connectivity index (χ1v) is 8.15. The van der Waals surface area contributed by atoms with E-state index in [1.165, 1.54) is 29.9 Å². The van der Waals surface area contributed by atoms with Gasteiger partial charge < -0.3 is 5.32 Å². The Morgan fingerprint density at radius 1 is 1.17 bits per heavy atom. The van der Waals surface area contributed by atoms with Gasteiger partial charge in [0.15, 0.2) is 0 Å². The van der Waals surface area contributed by atoms with Gasteiger partial charge in [-0.15, -0.1) is 11.8 Å². The summed E-state index contributed by atoms with van der Waals surface area (Å²) in [7, 11) is 0. The van der Waals surface area contributed by atoms with Crippen LogP contribution in [0.25, 0.3) is 0 Å². The van der Waals surface area contributed by atoms with Gasteiger partial charge in [0.25, 0.3) is 0 Å². The molecule has 100 valence electrons. The van der Waals surface area contributed by atoms with Crippen molar-refractivity contribution in [3.8, 4) is 0 Å². The van der Waals surface area contributed by atoms with E-state index in [0.29, 0.717) is 0 Å². The molecular formula is C16H25NS. The molecule has 1 saturated carbocycles. The molecule has 1 aromatic rings. The molecule has 3 unspecified atom stereocenters. The van der Waals surface area contributed by atoms with E-state index in [4.69, 9.17) is 0 Å². The molecule has 18 heavy (non-hydrogen) atoms. The molecule has 0 heterocycles. The number of nitrogens with one attached hydrogen (secondary N) is 1. The third-order valence-corrected chi connectivity index (χ3v) is 4.97. The van der Waals surface area contributed by atoms with Gasteiger partial charge in [-0.1, -0.05) is 32.0 Å². The lowest BCUT2D eigenvalue weighted by molar-refractivity contribution is 0.231. The van der Waals surface area contributed by atoms with Crippen LogP contribution in [0.2, 0.25) is 0 Å². The Bertz CT molecular complexity index is 338. The van der Waals surface area contributed by atoms with Crippen LogP contribution in [-0.2, 0) is 0 Å². The third kappa shape index (κ3) is 4.33. The maximum atomic E-state index is 3.74. The van der Waals surface area contributed by atoms with Crippen LogP contribution in [0.5, 0.6) is 0 Å². The zero-order valence-electron chi connectivity index (χ0n) is 11.6. The van der Waals surface area contributed by atoms with E-state index in [0.717, 1.165) is 24.4 Å². The average Bonchev–Trinajstić information content (AvgIpc) is 2.38. The van der Waals surface area contributed by atoms with Crippen LogP contribution in [0.4, 0.5) is 0 Å². The van der Waals surface area contributed by atoms with Crippen molar-refractivity contribution >= 4 is 11.8 Å². The second-order valence-electron chi connectivity index (χ2n) is 5.62. The summed E-state index contributed by atoms with van der Waals surface area (Å²) in [5.74, 6) is 2.94. The first-order chi connectivity index (χ1) is 8.75. The largest absolute Gasteiger partial charge is 0.313 e. The van der Waals surface area contributed by atoms with Gasteiger partial charge in [0.2, 0.25) is 0 Å². The molecule has 0 bridgehead atoms. The third-order valence-electron chi connectivity index (χ3n) is 3.95. The molecule has 1 aliphatic rings. The summed E-state index contributed by atoms with van der Waals surface area (Å²) in [6, 6.07) is 11.4. The summed E-state index contributed by atoms with van der Waals surface area (Å²) in [5, 5.41) is 3.74. The predicted molar refractivity (Wildman–Crippen MR) is 81.1 cm³/mol. The van der Waals surface area contributed by atoms with Crippen LogP contribution in [0, 0.1) is 11.8 Å². The molecule has 3 atom stereocenters. The van der Waals surface area contributed by atoms with Gasteiger partial charge in [-0.25, -0.2) is 0 Å². The Balaban J connectivity index is 1.64. The Labute approximate surface area is 116 Å². The lowest BCUT2D eigenvalue weighted by atomic mass is 9.80. The first-order valence-electron chi connectivity index (χ1n) is 7.17. The average molecular weight is 263 g/mol. The van der Waals surface area contributed by atoms with E-state index in [1.807, 2.05) is 11.8 Å². The SMILES string of the molecule is CC1CCC(NCCSc2ccccc2)C(C)C1. The van der Waals surface area contributed by atoms with Gasteiger partial charge in [-0.05, 0) is 43.2 Å².